The summed E-state index contributed by atoms with van der Waals surface area (Å²) in [5, 5.41) is 2.96. The second-order valence-corrected chi connectivity index (χ2v) is 6.04. The minimum atomic E-state index is -0.507. The highest BCUT2D eigenvalue weighted by molar-refractivity contribution is 6.30. The lowest BCUT2D eigenvalue weighted by atomic mass is 10.1. The molecule has 0 aliphatic heterocycles. The van der Waals surface area contributed by atoms with Gasteiger partial charge >= 0.3 is 5.97 Å². The number of anilines is 1. The van der Waals surface area contributed by atoms with Crippen LogP contribution in [0.1, 0.15) is 12.0 Å². The Morgan fingerprint density at radius 2 is 1.75 bits per heavy atom. The molecule has 0 saturated carbocycles. The number of aryl methyl sites for hydroxylation is 1. The third-order valence-electron chi connectivity index (χ3n) is 3.70. The van der Waals surface area contributed by atoms with Crippen molar-refractivity contribution >= 4 is 29.3 Å². The lowest BCUT2D eigenvalue weighted by Crippen LogP contribution is -2.21. The smallest absolute Gasteiger partial charge is 0.306 e. The van der Waals surface area contributed by atoms with Gasteiger partial charge in [0.2, 0.25) is 5.75 Å². The van der Waals surface area contributed by atoms with Crippen LogP contribution in [0.5, 0.6) is 17.2 Å². The van der Waals surface area contributed by atoms with E-state index in [1.54, 1.807) is 24.3 Å². The Morgan fingerprint density at radius 1 is 1.07 bits per heavy atom. The number of ether oxygens (including phenoxy) is 4. The zero-order valence-corrected chi connectivity index (χ0v) is 16.5. The predicted octanol–water partition coefficient (Wildman–Crippen LogP) is 2.88. The van der Waals surface area contributed by atoms with Crippen molar-refractivity contribution < 1.29 is 28.5 Å². The molecule has 150 valence electrons. The normalized spacial score (nSPS) is 10.1. The minimum absolute atomic E-state index is 0.0884. The van der Waals surface area contributed by atoms with Crippen LogP contribution in [0.2, 0.25) is 5.02 Å². The lowest BCUT2D eigenvalue weighted by molar-refractivity contribution is -0.147. The van der Waals surface area contributed by atoms with Gasteiger partial charge in [0.1, 0.15) is 5.82 Å². The molecule has 2 aromatic rings. The molecule has 1 aromatic carbocycles. The van der Waals surface area contributed by atoms with Crippen LogP contribution in [0.25, 0.3) is 0 Å². The Morgan fingerprint density at radius 3 is 2.29 bits per heavy atom. The molecule has 28 heavy (non-hydrogen) atoms. The number of carbonyl (C=O) groups excluding carboxylic acids is 2. The van der Waals surface area contributed by atoms with Crippen molar-refractivity contribution in [2.24, 2.45) is 0 Å². The van der Waals surface area contributed by atoms with Gasteiger partial charge in [-0.2, -0.15) is 0 Å². The summed E-state index contributed by atoms with van der Waals surface area (Å²) in [6.07, 6.45) is 1.88. The van der Waals surface area contributed by atoms with Gasteiger partial charge in [-0.1, -0.05) is 11.6 Å². The number of nitrogens with one attached hydrogen (secondary N) is 1. The molecule has 0 bridgehead atoms. The fourth-order valence-electron chi connectivity index (χ4n) is 2.37. The molecule has 0 unspecified atom stereocenters. The summed E-state index contributed by atoms with van der Waals surface area (Å²) in [4.78, 5) is 27.7. The maximum absolute atomic E-state index is 11.9. The number of benzene rings is 1. The van der Waals surface area contributed by atoms with Crippen LogP contribution >= 0.6 is 11.6 Å². The molecule has 1 aromatic heterocycles. The molecule has 1 heterocycles. The third-order valence-corrected chi connectivity index (χ3v) is 3.93. The number of methoxy groups -OCH3 is 3. The Labute approximate surface area is 167 Å². The fraction of sp³-hybridized carbons (Fsp3) is 0.316. The summed E-state index contributed by atoms with van der Waals surface area (Å²) in [5.74, 6) is 0.802. The monoisotopic (exact) mass is 408 g/mol. The maximum Gasteiger partial charge on any atom is 0.306 e. The summed E-state index contributed by atoms with van der Waals surface area (Å²) < 4.78 is 20.8. The van der Waals surface area contributed by atoms with Gasteiger partial charge in [-0.05, 0) is 36.2 Å². The molecule has 1 N–H and O–H groups in total. The molecule has 9 heteroatoms. The van der Waals surface area contributed by atoms with Gasteiger partial charge in [0.25, 0.3) is 5.91 Å². The third kappa shape index (κ3) is 6.02. The first-order chi connectivity index (χ1) is 13.5. The van der Waals surface area contributed by atoms with Crippen molar-refractivity contribution in [1.29, 1.82) is 0 Å². The number of aromatic nitrogens is 1. The van der Waals surface area contributed by atoms with E-state index < -0.39 is 18.5 Å². The highest BCUT2D eigenvalue weighted by atomic mass is 35.5. The minimum Gasteiger partial charge on any atom is -0.493 e. The van der Waals surface area contributed by atoms with Crippen molar-refractivity contribution in [3.8, 4) is 17.2 Å². The summed E-state index contributed by atoms with van der Waals surface area (Å²) in [5.41, 5.74) is 0.807. The van der Waals surface area contributed by atoms with Crippen LogP contribution in [-0.4, -0.2) is 44.8 Å². The maximum atomic E-state index is 11.9. The van der Waals surface area contributed by atoms with Crippen molar-refractivity contribution in [3.63, 3.8) is 0 Å². The first-order valence-electron chi connectivity index (χ1n) is 8.32. The average molecular weight is 409 g/mol. The first-order valence-corrected chi connectivity index (χ1v) is 8.70. The topological polar surface area (TPSA) is 96.0 Å². The predicted molar refractivity (Wildman–Crippen MR) is 103 cm³/mol. The van der Waals surface area contributed by atoms with Crippen LogP contribution in [0, 0.1) is 0 Å². The number of pyridine rings is 1. The largest absolute Gasteiger partial charge is 0.493 e. The fourth-order valence-corrected chi connectivity index (χ4v) is 2.48. The van der Waals surface area contributed by atoms with Crippen LogP contribution < -0.4 is 19.5 Å². The molecule has 2 rings (SSSR count). The molecular formula is C19H21ClN2O6. The van der Waals surface area contributed by atoms with E-state index in [-0.39, 0.29) is 6.42 Å². The van der Waals surface area contributed by atoms with Gasteiger partial charge in [0.15, 0.2) is 18.1 Å². The first kappa shape index (κ1) is 21.3. The number of carbonyl (C=O) groups is 2. The van der Waals surface area contributed by atoms with Crippen LogP contribution in [0.4, 0.5) is 5.82 Å². The van der Waals surface area contributed by atoms with Gasteiger partial charge in [0.05, 0.1) is 26.4 Å². The Kier molecular flexibility index (Phi) is 7.88. The molecule has 0 atom stereocenters. The van der Waals surface area contributed by atoms with Gasteiger partial charge in [-0.15, -0.1) is 0 Å². The molecule has 0 saturated heterocycles. The number of rotatable bonds is 9. The number of hydrogen-bond donors (Lipinski definition) is 1. The molecule has 0 aliphatic rings. The van der Waals surface area contributed by atoms with Crippen molar-refractivity contribution in [2.45, 2.75) is 12.8 Å². The molecular weight excluding hydrogens is 388 g/mol. The lowest BCUT2D eigenvalue weighted by Gasteiger charge is -2.14. The van der Waals surface area contributed by atoms with E-state index in [0.29, 0.717) is 34.5 Å². The van der Waals surface area contributed by atoms with Gasteiger partial charge in [-0.25, -0.2) is 4.98 Å². The van der Waals surface area contributed by atoms with Crippen LogP contribution in [0.3, 0.4) is 0 Å². The molecule has 0 aliphatic carbocycles. The second-order valence-electron chi connectivity index (χ2n) is 5.60. The van der Waals surface area contributed by atoms with E-state index in [0.717, 1.165) is 5.56 Å². The summed E-state index contributed by atoms with van der Waals surface area (Å²) in [7, 11) is 4.55. The summed E-state index contributed by atoms with van der Waals surface area (Å²) >= 11 is 5.72. The highest BCUT2D eigenvalue weighted by Gasteiger charge is 2.15. The Hall–Kier alpha value is -3.00. The molecule has 0 radical (unpaired) electrons. The molecule has 0 fully saturated rings. The van der Waals surface area contributed by atoms with E-state index in [9.17, 15) is 9.59 Å². The van der Waals surface area contributed by atoms with E-state index in [2.05, 4.69) is 10.3 Å². The van der Waals surface area contributed by atoms with E-state index in [1.165, 1.54) is 27.5 Å². The van der Waals surface area contributed by atoms with E-state index in [4.69, 9.17) is 30.5 Å². The van der Waals surface area contributed by atoms with Crippen molar-refractivity contribution in [3.05, 3.63) is 41.0 Å². The highest BCUT2D eigenvalue weighted by Crippen LogP contribution is 2.38. The quantitative estimate of drug-likeness (QED) is 0.637. The van der Waals surface area contributed by atoms with Gasteiger partial charge < -0.3 is 24.3 Å². The second kappa shape index (κ2) is 10.4. The number of esters is 1. The van der Waals surface area contributed by atoms with E-state index >= 15 is 0 Å². The number of hydrogen-bond acceptors (Lipinski definition) is 7. The number of amides is 1. The summed E-state index contributed by atoms with van der Waals surface area (Å²) in [6.45, 7) is -0.404. The zero-order valence-electron chi connectivity index (χ0n) is 15.8. The van der Waals surface area contributed by atoms with Crippen molar-refractivity contribution in [1.82, 2.24) is 4.98 Å². The Bertz CT molecular complexity index is 801. The average Bonchev–Trinajstić information content (AvgIpc) is 2.71. The standard InChI is InChI=1S/C19H21ClN2O6/c1-25-14-8-12(9-15(26-2)19(14)27-3)4-7-18(24)28-11-17(23)22-16-6-5-13(20)10-21-16/h5-6,8-10H,4,7,11H2,1-3H3,(H,21,22,23). The zero-order chi connectivity index (χ0) is 20.5. The van der Waals surface area contributed by atoms with Crippen LogP contribution in [-0.2, 0) is 20.7 Å². The number of nitrogens with zero attached hydrogens (tertiary/aromatic N) is 1. The summed E-state index contributed by atoms with van der Waals surface area (Å²) in [6, 6.07) is 6.65. The van der Waals surface area contributed by atoms with Gasteiger partial charge in [0, 0.05) is 12.6 Å². The molecule has 0 spiro atoms. The van der Waals surface area contributed by atoms with E-state index in [1.807, 2.05) is 0 Å². The molecule has 1 amide bonds. The van der Waals surface area contributed by atoms with Crippen LogP contribution in [0.15, 0.2) is 30.5 Å². The van der Waals surface area contributed by atoms with Gasteiger partial charge in [-0.3, -0.25) is 9.59 Å². The Balaban J connectivity index is 1.85. The SMILES string of the molecule is COc1cc(CCC(=O)OCC(=O)Nc2ccc(Cl)cn2)cc(OC)c1OC. The number of halogens is 1. The van der Waals surface area contributed by atoms with Crippen molar-refractivity contribution in [2.75, 3.05) is 33.3 Å². The molecule has 8 nitrogen and oxygen atoms in total.